The number of hydrogen-bond donors (Lipinski definition) is 1. The van der Waals surface area contributed by atoms with Crippen molar-refractivity contribution in [1.29, 1.82) is 0 Å². The molecular formula is C22H30N6O2. The average molecular weight is 411 g/mol. The zero-order valence-electron chi connectivity index (χ0n) is 18.4. The summed E-state index contributed by atoms with van der Waals surface area (Å²) in [5.74, 6) is 0.692. The van der Waals surface area contributed by atoms with Crippen molar-refractivity contribution in [2.24, 2.45) is 0 Å². The SMILES string of the molecule is CCC(C)(C)n1nnnc1C(c1cc2cc(C)c(C)cc2[nH]c1=O)N1CCOCC1. The molecule has 3 heterocycles. The Balaban J connectivity index is 1.92. The molecule has 1 N–H and O–H groups in total. The summed E-state index contributed by atoms with van der Waals surface area (Å²) in [7, 11) is 0. The minimum atomic E-state index is -0.343. The average Bonchev–Trinajstić information content (AvgIpc) is 3.21. The lowest BCUT2D eigenvalue weighted by atomic mass is 9.98. The predicted molar refractivity (Wildman–Crippen MR) is 116 cm³/mol. The second-order valence-electron chi connectivity index (χ2n) is 8.74. The molecule has 4 rings (SSSR count). The summed E-state index contributed by atoms with van der Waals surface area (Å²) in [4.78, 5) is 18.6. The van der Waals surface area contributed by atoms with Crippen LogP contribution in [0.5, 0.6) is 0 Å². The van der Waals surface area contributed by atoms with Crippen molar-refractivity contribution >= 4 is 10.9 Å². The number of ether oxygens (including phenoxy) is 1. The van der Waals surface area contributed by atoms with Crippen LogP contribution < -0.4 is 5.56 Å². The third-order valence-corrected chi connectivity index (χ3v) is 6.37. The van der Waals surface area contributed by atoms with Gasteiger partial charge in [-0.25, -0.2) is 4.68 Å². The van der Waals surface area contributed by atoms with E-state index >= 15 is 0 Å². The smallest absolute Gasteiger partial charge is 0.253 e. The van der Waals surface area contributed by atoms with Gasteiger partial charge in [0.1, 0.15) is 6.04 Å². The predicted octanol–water partition coefficient (Wildman–Crippen LogP) is 2.70. The highest BCUT2D eigenvalue weighted by molar-refractivity contribution is 5.81. The number of aromatic amines is 1. The van der Waals surface area contributed by atoms with Gasteiger partial charge in [0.2, 0.25) is 0 Å². The van der Waals surface area contributed by atoms with E-state index in [0.29, 0.717) is 37.7 Å². The Bertz CT molecular complexity index is 1110. The van der Waals surface area contributed by atoms with Crippen LogP contribution >= 0.6 is 0 Å². The minimum Gasteiger partial charge on any atom is -0.379 e. The van der Waals surface area contributed by atoms with Gasteiger partial charge in [0, 0.05) is 24.2 Å². The van der Waals surface area contributed by atoms with E-state index in [4.69, 9.17) is 4.74 Å². The molecule has 1 aliphatic rings. The molecule has 30 heavy (non-hydrogen) atoms. The molecule has 0 radical (unpaired) electrons. The van der Waals surface area contributed by atoms with Crippen LogP contribution in [0.1, 0.15) is 55.7 Å². The zero-order valence-corrected chi connectivity index (χ0v) is 18.4. The van der Waals surface area contributed by atoms with Crippen molar-refractivity contribution in [3.8, 4) is 0 Å². The maximum atomic E-state index is 13.2. The van der Waals surface area contributed by atoms with Crippen LogP contribution in [0, 0.1) is 13.8 Å². The number of morpholine rings is 1. The fourth-order valence-corrected chi connectivity index (χ4v) is 3.98. The number of nitrogens with one attached hydrogen (secondary N) is 1. The first kappa shape index (κ1) is 20.7. The number of fused-ring (bicyclic) bond motifs is 1. The molecule has 8 nitrogen and oxygen atoms in total. The highest BCUT2D eigenvalue weighted by Gasteiger charge is 2.34. The van der Waals surface area contributed by atoms with E-state index in [1.807, 2.05) is 16.8 Å². The topological polar surface area (TPSA) is 88.9 Å². The highest BCUT2D eigenvalue weighted by atomic mass is 16.5. The number of benzene rings is 1. The van der Waals surface area contributed by atoms with E-state index in [-0.39, 0.29) is 17.1 Å². The number of hydrogen-bond acceptors (Lipinski definition) is 6. The standard InChI is InChI=1S/C22H30N6O2/c1-6-22(4,5)28-20(24-25-26-28)19(27-7-9-30-10-8-27)17-13-16-11-14(2)15(3)12-18(16)23-21(17)29/h11-13,19H,6-10H2,1-5H3,(H,23,29). The van der Waals surface area contributed by atoms with Gasteiger partial charge in [-0.2, -0.15) is 0 Å². The van der Waals surface area contributed by atoms with Crippen LogP contribution in [0.3, 0.4) is 0 Å². The van der Waals surface area contributed by atoms with E-state index in [9.17, 15) is 4.79 Å². The Morgan fingerprint density at radius 2 is 1.87 bits per heavy atom. The van der Waals surface area contributed by atoms with Crippen molar-refractivity contribution in [3.05, 3.63) is 51.1 Å². The van der Waals surface area contributed by atoms with Crippen LogP contribution in [0.2, 0.25) is 0 Å². The van der Waals surface area contributed by atoms with Crippen LogP contribution in [-0.4, -0.2) is 56.4 Å². The normalized spacial score (nSPS) is 16.8. The zero-order chi connectivity index (χ0) is 21.5. The second kappa shape index (κ2) is 7.92. The van der Waals surface area contributed by atoms with Crippen molar-refractivity contribution in [2.45, 2.75) is 52.6 Å². The molecule has 3 aromatic rings. The Hall–Kier alpha value is -2.58. The lowest BCUT2D eigenvalue weighted by Crippen LogP contribution is -2.43. The second-order valence-corrected chi connectivity index (χ2v) is 8.74. The van der Waals surface area contributed by atoms with Crippen molar-refractivity contribution in [1.82, 2.24) is 30.1 Å². The van der Waals surface area contributed by atoms with Gasteiger partial charge in [-0.05, 0) is 79.3 Å². The first-order chi connectivity index (χ1) is 14.3. The number of aryl methyl sites for hydroxylation is 2. The summed E-state index contributed by atoms with van der Waals surface area (Å²) in [6, 6.07) is 5.81. The molecule has 0 amide bonds. The molecule has 0 bridgehead atoms. The summed E-state index contributed by atoms with van der Waals surface area (Å²) in [6.07, 6.45) is 0.868. The van der Waals surface area contributed by atoms with Crippen LogP contribution in [0.15, 0.2) is 23.0 Å². The molecule has 1 aromatic carbocycles. The largest absolute Gasteiger partial charge is 0.379 e. The van der Waals surface area contributed by atoms with Crippen LogP contribution in [0.25, 0.3) is 10.9 Å². The Morgan fingerprint density at radius 3 is 2.57 bits per heavy atom. The molecule has 1 aliphatic heterocycles. The van der Waals surface area contributed by atoms with Gasteiger partial charge < -0.3 is 9.72 Å². The van der Waals surface area contributed by atoms with Crippen molar-refractivity contribution < 1.29 is 4.74 Å². The molecule has 2 aromatic heterocycles. The molecule has 1 unspecified atom stereocenters. The van der Waals surface area contributed by atoms with Crippen molar-refractivity contribution in [3.63, 3.8) is 0 Å². The third-order valence-electron chi connectivity index (χ3n) is 6.37. The maximum absolute atomic E-state index is 13.2. The number of rotatable bonds is 5. The summed E-state index contributed by atoms with van der Waals surface area (Å²) in [5, 5.41) is 13.7. The lowest BCUT2D eigenvalue weighted by Gasteiger charge is -2.35. The van der Waals surface area contributed by atoms with E-state index in [0.717, 1.165) is 22.9 Å². The summed E-state index contributed by atoms with van der Waals surface area (Å²) in [5.41, 5.74) is 3.49. The van der Waals surface area contributed by atoms with Gasteiger partial charge >= 0.3 is 0 Å². The minimum absolute atomic E-state index is 0.105. The van der Waals surface area contributed by atoms with E-state index in [1.54, 1.807) is 0 Å². The van der Waals surface area contributed by atoms with Gasteiger partial charge in [-0.15, -0.1) is 5.10 Å². The summed E-state index contributed by atoms with van der Waals surface area (Å²) < 4.78 is 7.44. The Kier molecular flexibility index (Phi) is 5.46. The van der Waals surface area contributed by atoms with E-state index in [1.165, 1.54) is 5.56 Å². The quantitative estimate of drug-likeness (QED) is 0.696. The van der Waals surface area contributed by atoms with Gasteiger partial charge in [-0.3, -0.25) is 9.69 Å². The van der Waals surface area contributed by atoms with E-state index in [2.05, 4.69) is 66.1 Å². The molecule has 1 saturated heterocycles. The van der Waals surface area contributed by atoms with E-state index < -0.39 is 0 Å². The Labute approximate surface area is 176 Å². The highest BCUT2D eigenvalue weighted by Crippen LogP contribution is 2.31. The fourth-order valence-electron chi connectivity index (χ4n) is 3.98. The maximum Gasteiger partial charge on any atom is 0.253 e. The number of H-pyrrole nitrogens is 1. The Morgan fingerprint density at radius 1 is 1.17 bits per heavy atom. The monoisotopic (exact) mass is 410 g/mol. The van der Waals surface area contributed by atoms with Crippen LogP contribution in [0.4, 0.5) is 0 Å². The van der Waals surface area contributed by atoms with Gasteiger partial charge in [0.25, 0.3) is 5.56 Å². The van der Waals surface area contributed by atoms with Gasteiger partial charge in [0.15, 0.2) is 5.82 Å². The first-order valence-corrected chi connectivity index (χ1v) is 10.6. The number of pyridine rings is 1. The molecule has 1 atom stereocenters. The number of tetrazole rings is 1. The first-order valence-electron chi connectivity index (χ1n) is 10.6. The molecule has 0 saturated carbocycles. The molecule has 0 aliphatic carbocycles. The molecule has 1 fully saturated rings. The number of aromatic nitrogens is 5. The van der Waals surface area contributed by atoms with Crippen molar-refractivity contribution in [2.75, 3.05) is 26.3 Å². The number of nitrogens with zero attached hydrogens (tertiary/aromatic N) is 5. The third kappa shape index (κ3) is 3.65. The van der Waals surface area contributed by atoms with Gasteiger partial charge in [-0.1, -0.05) is 6.92 Å². The summed E-state index contributed by atoms with van der Waals surface area (Å²) >= 11 is 0. The molecule has 160 valence electrons. The summed E-state index contributed by atoms with van der Waals surface area (Å²) in [6.45, 7) is 13.2. The van der Waals surface area contributed by atoms with Crippen LogP contribution in [-0.2, 0) is 10.3 Å². The fraction of sp³-hybridized carbons (Fsp3) is 0.545. The molecular weight excluding hydrogens is 380 g/mol. The lowest BCUT2D eigenvalue weighted by molar-refractivity contribution is 0.0204. The molecule has 8 heteroatoms. The van der Waals surface area contributed by atoms with Gasteiger partial charge in [0.05, 0.1) is 18.8 Å². The molecule has 0 spiro atoms.